The predicted octanol–water partition coefficient (Wildman–Crippen LogP) is 6.08. The van der Waals surface area contributed by atoms with Gasteiger partial charge in [-0.3, -0.25) is 4.99 Å². The molecule has 0 aliphatic heterocycles. The fourth-order valence-electron chi connectivity index (χ4n) is 2.23. The van der Waals surface area contributed by atoms with Crippen LogP contribution in [0.15, 0.2) is 83.4 Å². The molecule has 0 amide bonds. The third-order valence-electron chi connectivity index (χ3n) is 3.55. The van der Waals surface area contributed by atoms with Crippen molar-refractivity contribution >= 4 is 6.21 Å². The van der Waals surface area contributed by atoms with Gasteiger partial charge in [0.25, 0.3) is 0 Å². The third kappa shape index (κ3) is 7.50. The number of unbranched alkanes of at least 4 members (excludes halogenated alkanes) is 1. The average molecular weight is 327 g/mol. The van der Waals surface area contributed by atoms with Gasteiger partial charge in [-0.25, -0.2) is 0 Å². The second-order valence-electron chi connectivity index (χ2n) is 6.03. The van der Waals surface area contributed by atoms with E-state index in [1.165, 1.54) is 16.7 Å². The van der Waals surface area contributed by atoms with E-state index in [4.69, 9.17) is 0 Å². The summed E-state index contributed by atoms with van der Waals surface area (Å²) in [4.78, 5) is 4.35. The van der Waals surface area contributed by atoms with E-state index < -0.39 is 0 Å². The lowest BCUT2D eigenvalue weighted by atomic mass is 10.0. The smallest absolute Gasteiger partial charge is 0.0398 e. The summed E-state index contributed by atoms with van der Waals surface area (Å²) >= 11 is 0. The normalized spacial score (nSPS) is 10.6. The Morgan fingerprint density at radius 2 is 1.64 bits per heavy atom. The molecule has 1 heteroatoms. The lowest BCUT2D eigenvalue weighted by Gasteiger charge is -2.00. The van der Waals surface area contributed by atoms with E-state index in [1.807, 2.05) is 24.4 Å². The Bertz CT molecular complexity index is 777. The molecule has 2 rings (SSSR count). The molecule has 0 N–H and O–H groups in total. The zero-order valence-electron chi connectivity index (χ0n) is 15.1. The number of hydrogen-bond acceptors (Lipinski definition) is 1. The van der Waals surface area contributed by atoms with Crippen LogP contribution in [0, 0.1) is 11.8 Å². The Labute approximate surface area is 151 Å². The van der Waals surface area contributed by atoms with Crippen LogP contribution in [0.4, 0.5) is 0 Å². The van der Waals surface area contributed by atoms with Gasteiger partial charge in [-0.2, -0.15) is 0 Å². The van der Waals surface area contributed by atoms with Gasteiger partial charge in [0.05, 0.1) is 0 Å². The predicted molar refractivity (Wildman–Crippen MR) is 110 cm³/mol. The van der Waals surface area contributed by atoms with Crippen molar-refractivity contribution in [1.82, 2.24) is 0 Å². The quantitative estimate of drug-likeness (QED) is 0.264. The van der Waals surface area contributed by atoms with Crippen molar-refractivity contribution < 1.29 is 0 Å². The van der Waals surface area contributed by atoms with Gasteiger partial charge in [0.15, 0.2) is 0 Å². The Morgan fingerprint density at radius 3 is 2.36 bits per heavy atom. The molecule has 0 bridgehead atoms. The van der Waals surface area contributed by atoms with Crippen molar-refractivity contribution in [1.29, 1.82) is 0 Å². The summed E-state index contributed by atoms with van der Waals surface area (Å²) in [5.41, 5.74) is 4.81. The van der Waals surface area contributed by atoms with E-state index in [9.17, 15) is 0 Å². The largest absolute Gasteiger partial charge is 0.293 e. The first kappa shape index (κ1) is 18.5. The highest BCUT2D eigenvalue weighted by molar-refractivity contribution is 5.71. The van der Waals surface area contributed by atoms with Crippen LogP contribution in [0.1, 0.15) is 32.3 Å². The van der Waals surface area contributed by atoms with Gasteiger partial charge >= 0.3 is 0 Å². The molecule has 25 heavy (non-hydrogen) atoms. The van der Waals surface area contributed by atoms with E-state index in [2.05, 4.69) is 85.3 Å². The molecule has 2 aromatic rings. The van der Waals surface area contributed by atoms with Crippen molar-refractivity contribution in [2.24, 2.45) is 4.99 Å². The molecule has 0 aliphatic carbocycles. The van der Waals surface area contributed by atoms with Gasteiger partial charge in [0, 0.05) is 24.7 Å². The molecule has 126 valence electrons. The Morgan fingerprint density at radius 1 is 0.920 bits per heavy atom. The monoisotopic (exact) mass is 327 g/mol. The van der Waals surface area contributed by atoms with E-state index in [0.29, 0.717) is 0 Å². The number of aliphatic imine (C=N–C) groups is 1. The lowest BCUT2D eigenvalue weighted by molar-refractivity contribution is 0.874. The van der Waals surface area contributed by atoms with Crippen molar-refractivity contribution in [3.05, 3.63) is 84.0 Å². The average Bonchev–Trinajstić information content (AvgIpc) is 2.64. The summed E-state index contributed by atoms with van der Waals surface area (Å²) < 4.78 is 0. The summed E-state index contributed by atoms with van der Waals surface area (Å²) in [6.07, 6.45) is 9.76. The molecule has 0 saturated carbocycles. The van der Waals surface area contributed by atoms with Crippen LogP contribution < -0.4 is 0 Å². The number of nitrogens with zero attached hydrogens (tertiary/aromatic N) is 1. The lowest BCUT2D eigenvalue weighted by Crippen LogP contribution is -1.81. The van der Waals surface area contributed by atoms with Crippen LogP contribution in [0.2, 0.25) is 0 Å². The Hall–Kier alpha value is -2.85. The fraction of sp³-hybridized carbons (Fsp3) is 0.208. The van der Waals surface area contributed by atoms with Crippen LogP contribution in [-0.2, 0) is 0 Å². The SMILES string of the molecule is CC(C)=C/C=C\C=NCCCC#Cc1ccc(-c2ccccc2)cc1. The minimum atomic E-state index is 0.820. The standard InChI is InChI=1S/C24H25N/c1-21(2)11-8-10-20-25-19-9-4-5-12-22-15-17-24(18-16-22)23-13-6-3-7-14-23/h3,6-8,10-11,13-18,20H,4,9,19H2,1-2H3/b10-8-,25-20?. The van der Waals surface area contributed by atoms with E-state index in [0.717, 1.165) is 24.9 Å². The van der Waals surface area contributed by atoms with E-state index in [-0.39, 0.29) is 0 Å². The topological polar surface area (TPSA) is 12.4 Å². The van der Waals surface area contributed by atoms with Crippen LogP contribution in [-0.4, -0.2) is 12.8 Å². The van der Waals surface area contributed by atoms with Crippen LogP contribution in [0.5, 0.6) is 0 Å². The van der Waals surface area contributed by atoms with Gasteiger partial charge in [0.1, 0.15) is 0 Å². The van der Waals surface area contributed by atoms with Gasteiger partial charge in [0.2, 0.25) is 0 Å². The molecule has 1 nitrogen and oxygen atoms in total. The summed E-state index contributed by atoms with van der Waals surface area (Å²) in [7, 11) is 0. The summed E-state index contributed by atoms with van der Waals surface area (Å²) in [5.74, 6) is 6.45. The Kier molecular flexibility index (Phi) is 8.01. The van der Waals surface area contributed by atoms with Crippen molar-refractivity contribution in [3.8, 4) is 23.0 Å². The second kappa shape index (κ2) is 10.8. The molecular formula is C24H25N. The van der Waals surface area contributed by atoms with E-state index >= 15 is 0 Å². The maximum atomic E-state index is 4.35. The van der Waals surface area contributed by atoms with Crippen molar-refractivity contribution in [2.45, 2.75) is 26.7 Å². The second-order valence-corrected chi connectivity index (χ2v) is 6.03. The van der Waals surface area contributed by atoms with Gasteiger partial charge < -0.3 is 0 Å². The van der Waals surface area contributed by atoms with Crippen LogP contribution >= 0.6 is 0 Å². The fourth-order valence-corrected chi connectivity index (χ4v) is 2.23. The van der Waals surface area contributed by atoms with Crippen molar-refractivity contribution in [3.63, 3.8) is 0 Å². The summed E-state index contributed by atoms with van der Waals surface area (Å²) in [6.45, 7) is 4.98. The first-order valence-electron chi connectivity index (χ1n) is 8.70. The maximum Gasteiger partial charge on any atom is 0.0398 e. The number of hydrogen-bond donors (Lipinski definition) is 0. The molecule has 2 aromatic carbocycles. The number of rotatable bonds is 6. The van der Waals surface area contributed by atoms with Gasteiger partial charge in [-0.05, 0) is 49.6 Å². The van der Waals surface area contributed by atoms with Crippen LogP contribution in [0.25, 0.3) is 11.1 Å². The molecule has 0 radical (unpaired) electrons. The highest BCUT2D eigenvalue weighted by Gasteiger charge is 1.95. The summed E-state index contributed by atoms with van der Waals surface area (Å²) in [5, 5.41) is 0. The molecule has 0 fully saturated rings. The molecule has 0 heterocycles. The van der Waals surface area contributed by atoms with Crippen molar-refractivity contribution in [2.75, 3.05) is 6.54 Å². The molecule has 0 unspecified atom stereocenters. The van der Waals surface area contributed by atoms with Crippen LogP contribution in [0.3, 0.4) is 0 Å². The molecule has 0 spiro atoms. The zero-order valence-corrected chi connectivity index (χ0v) is 15.1. The first-order valence-corrected chi connectivity index (χ1v) is 8.70. The Balaban J connectivity index is 1.74. The van der Waals surface area contributed by atoms with Gasteiger partial charge in [-0.1, -0.05) is 72.0 Å². The van der Waals surface area contributed by atoms with Gasteiger partial charge in [-0.15, -0.1) is 0 Å². The number of allylic oxidation sites excluding steroid dienone is 4. The third-order valence-corrected chi connectivity index (χ3v) is 3.55. The minimum Gasteiger partial charge on any atom is -0.293 e. The molecule has 0 atom stereocenters. The maximum absolute atomic E-state index is 4.35. The number of benzene rings is 2. The van der Waals surface area contributed by atoms with E-state index in [1.54, 1.807) is 0 Å². The highest BCUT2D eigenvalue weighted by Crippen LogP contribution is 2.18. The highest BCUT2D eigenvalue weighted by atomic mass is 14.7. The summed E-state index contributed by atoms with van der Waals surface area (Å²) in [6, 6.07) is 18.8. The minimum absolute atomic E-state index is 0.820. The molecule has 0 saturated heterocycles. The molecular weight excluding hydrogens is 302 g/mol. The molecule has 0 aliphatic rings. The first-order chi connectivity index (χ1) is 12.3. The molecule has 0 aromatic heterocycles. The zero-order chi connectivity index (χ0) is 17.7.